The van der Waals surface area contributed by atoms with E-state index in [1.54, 1.807) is 6.07 Å². The number of aromatic nitrogens is 4. The molecule has 0 atom stereocenters. The third-order valence-corrected chi connectivity index (χ3v) is 4.10. The zero-order chi connectivity index (χ0) is 14.8. The molecule has 1 N–H and O–H groups in total. The molecule has 1 fully saturated rings. The standard InChI is InChI=1S/C14H19N5O2/c1-10-2-4-11(5-3-10)17-13(20)8-18-14(21)12-6-7-15-19(12)9-16-18/h6-7,9-11H,2-5,8H2,1H3,(H,17,20). The summed E-state index contributed by atoms with van der Waals surface area (Å²) in [6.07, 6.45) is 7.28. The molecule has 0 radical (unpaired) electrons. The van der Waals surface area contributed by atoms with Gasteiger partial charge in [0.1, 0.15) is 18.4 Å². The summed E-state index contributed by atoms with van der Waals surface area (Å²) in [4.78, 5) is 24.2. The fraction of sp³-hybridized carbons (Fsp3) is 0.571. The molecule has 7 heteroatoms. The topological polar surface area (TPSA) is 81.3 Å². The lowest BCUT2D eigenvalue weighted by molar-refractivity contribution is -0.122. The number of hydrogen-bond acceptors (Lipinski definition) is 4. The van der Waals surface area contributed by atoms with E-state index in [4.69, 9.17) is 0 Å². The van der Waals surface area contributed by atoms with Crippen LogP contribution in [0.1, 0.15) is 32.6 Å². The van der Waals surface area contributed by atoms with Gasteiger partial charge in [-0.05, 0) is 37.7 Å². The van der Waals surface area contributed by atoms with Gasteiger partial charge in [0.15, 0.2) is 0 Å². The molecule has 0 aliphatic heterocycles. The highest BCUT2D eigenvalue weighted by Gasteiger charge is 2.20. The molecule has 21 heavy (non-hydrogen) atoms. The SMILES string of the molecule is CC1CCC(NC(=O)Cn2ncn3nccc3c2=O)CC1. The van der Waals surface area contributed by atoms with E-state index in [1.165, 1.54) is 21.7 Å². The summed E-state index contributed by atoms with van der Waals surface area (Å²) in [6, 6.07) is 1.84. The number of nitrogens with zero attached hydrogens (tertiary/aromatic N) is 4. The second kappa shape index (κ2) is 5.67. The van der Waals surface area contributed by atoms with Crippen LogP contribution in [0.25, 0.3) is 5.52 Å². The van der Waals surface area contributed by atoms with Crippen molar-refractivity contribution in [2.45, 2.75) is 45.2 Å². The number of rotatable bonds is 3. The molecule has 0 aromatic carbocycles. The first-order chi connectivity index (χ1) is 10.1. The Kier molecular flexibility index (Phi) is 3.72. The Bertz CT molecular complexity index is 697. The fourth-order valence-electron chi connectivity index (χ4n) is 2.80. The Morgan fingerprint density at radius 3 is 2.86 bits per heavy atom. The molecular weight excluding hydrogens is 270 g/mol. The normalized spacial score (nSPS) is 22.3. The molecule has 1 aliphatic rings. The maximum Gasteiger partial charge on any atom is 0.293 e. The van der Waals surface area contributed by atoms with Crippen LogP contribution in [-0.4, -0.2) is 31.3 Å². The maximum atomic E-state index is 12.1. The van der Waals surface area contributed by atoms with Crippen molar-refractivity contribution in [3.8, 4) is 0 Å². The molecule has 0 saturated heterocycles. The molecule has 1 saturated carbocycles. The zero-order valence-electron chi connectivity index (χ0n) is 12.0. The first-order valence-electron chi connectivity index (χ1n) is 7.32. The largest absolute Gasteiger partial charge is 0.352 e. The number of amides is 1. The van der Waals surface area contributed by atoms with Gasteiger partial charge in [-0.1, -0.05) is 6.92 Å². The second-order valence-electron chi connectivity index (χ2n) is 5.78. The van der Waals surface area contributed by atoms with Crippen LogP contribution in [0.4, 0.5) is 0 Å². The number of nitrogens with one attached hydrogen (secondary N) is 1. The number of fused-ring (bicyclic) bond motifs is 1. The van der Waals surface area contributed by atoms with Gasteiger partial charge in [0.2, 0.25) is 5.91 Å². The van der Waals surface area contributed by atoms with Gasteiger partial charge < -0.3 is 5.32 Å². The van der Waals surface area contributed by atoms with Crippen LogP contribution < -0.4 is 10.9 Å². The van der Waals surface area contributed by atoms with Gasteiger partial charge >= 0.3 is 0 Å². The molecule has 0 bridgehead atoms. The quantitative estimate of drug-likeness (QED) is 0.896. The molecule has 0 unspecified atom stereocenters. The summed E-state index contributed by atoms with van der Waals surface area (Å²) in [6.45, 7) is 2.19. The van der Waals surface area contributed by atoms with E-state index in [-0.39, 0.29) is 24.1 Å². The van der Waals surface area contributed by atoms with Gasteiger partial charge in [-0.15, -0.1) is 0 Å². The molecule has 2 heterocycles. The summed E-state index contributed by atoms with van der Waals surface area (Å²) < 4.78 is 2.58. The average Bonchev–Trinajstić information content (AvgIpc) is 2.94. The van der Waals surface area contributed by atoms with Crippen LogP contribution in [0.3, 0.4) is 0 Å². The monoisotopic (exact) mass is 289 g/mol. The van der Waals surface area contributed by atoms with Crippen molar-refractivity contribution in [3.63, 3.8) is 0 Å². The minimum atomic E-state index is -0.303. The highest BCUT2D eigenvalue weighted by Crippen LogP contribution is 2.23. The van der Waals surface area contributed by atoms with Crippen LogP contribution in [0.2, 0.25) is 0 Å². The highest BCUT2D eigenvalue weighted by atomic mass is 16.2. The number of carbonyl (C=O) groups excluding carboxylic acids is 1. The fourth-order valence-corrected chi connectivity index (χ4v) is 2.80. The van der Waals surface area contributed by atoms with E-state index >= 15 is 0 Å². The lowest BCUT2D eigenvalue weighted by Gasteiger charge is -2.26. The zero-order valence-corrected chi connectivity index (χ0v) is 12.0. The molecular formula is C14H19N5O2. The smallest absolute Gasteiger partial charge is 0.293 e. The number of hydrogen-bond donors (Lipinski definition) is 1. The Morgan fingerprint density at radius 2 is 2.10 bits per heavy atom. The lowest BCUT2D eigenvalue weighted by atomic mass is 9.87. The van der Waals surface area contributed by atoms with Crippen LogP contribution in [-0.2, 0) is 11.3 Å². The Morgan fingerprint density at radius 1 is 1.33 bits per heavy atom. The van der Waals surface area contributed by atoms with Crippen molar-refractivity contribution in [3.05, 3.63) is 28.9 Å². The Balaban J connectivity index is 1.66. The van der Waals surface area contributed by atoms with E-state index < -0.39 is 0 Å². The average molecular weight is 289 g/mol. The Hall–Kier alpha value is -2.18. The van der Waals surface area contributed by atoms with Crippen molar-refractivity contribution in [2.75, 3.05) is 0 Å². The predicted molar refractivity (Wildman–Crippen MR) is 76.8 cm³/mol. The van der Waals surface area contributed by atoms with Gasteiger partial charge in [0, 0.05) is 6.04 Å². The predicted octanol–water partition coefficient (Wildman–Crippen LogP) is 0.586. The van der Waals surface area contributed by atoms with Crippen LogP contribution in [0.5, 0.6) is 0 Å². The van der Waals surface area contributed by atoms with Gasteiger partial charge in [-0.3, -0.25) is 9.59 Å². The summed E-state index contributed by atoms with van der Waals surface area (Å²) in [7, 11) is 0. The summed E-state index contributed by atoms with van der Waals surface area (Å²) in [5.74, 6) is 0.583. The lowest BCUT2D eigenvalue weighted by Crippen LogP contribution is -2.41. The van der Waals surface area contributed by atoms with Crippen molar-refractivity contribution < 1.29 is 4.79 Å². The van der Waals surface area contributed by atoms with E-state index in [1.807, 2.05) is 0 Å². The van der Waals surface area contributed by atoms with E-state index in [2.05, 4.69) is 22.4 Å². The van der Waals surface area contributed by atoms with E-state index in [0.29, 0.717) is 5.52 Å². The Labute approximate surface area is 122 Å². The van der Waals surface area contributed by atoms with Gasteiger partial charge in [-0.25, -0.2) is 9.20 Å². The van der Waals surface area contributed by atoms with Crippen molar-refractivity contribution in [1.29, 1.82) is 0 Å². The molecule has 0 spiro atoms. The first-order valence-corrected chi connectivity index (χ1v) is 7.32. The van der Waals surface area contributed by atoms with E-state index in [9.17, 15) is 9.59 Å². The van der Waals surface area contributed by atoms with Crippen molar-refractivity contribution >= 4 is 11.4 Å². The van der Waals surface area contributed by atoms with E-state index in [0.717, 1.165) is 31.6 Å². The summed E-state index contributed by atoms with van der Waals surface area (Å²) in [5, 5.41) is 10.9. The van der Waals surface area contributed by atoms with Gasteiger partial charge in [-0.2, -0.15) is 10.2 Å². The van der Waals surface area contributed by atoms with Crippen LogP contribution >= 0.6 is 0 Å². The molecule has 3 rings (SSSR count). The molecule has 1 aliphatic carbocycles. The van der Waals surface area contributed by atoms with Crippen molar-refractivity contribution in [1.82, 2.24) is 24.7 Å². The molecule has 2 aromatic heterocycles. The number of carbonyl (C=O) groups is 1. The third-order valence-electron chi connectivity index (χ3n) is 4.10. The third kappa shape index (κ3) is 2.96. The van der Waals surface area contributed by atoms with Crippen LogP contribution in [0, 0.1) is 5.92 Å². The second-order valence-corrected chi connectivity index (χ2v) is 5.78. The molecule has 7 nitrogen and oxygen atoms in total. The summed E-state index contributed by atoms with van der Waals surface area (Å²) in [5.41, 5.74) is 0.117. The maximum absolute atomic E-state index is 12.1. The highest BCUT2D eigenvalue weighted by molar-refractivity contribution is 5.76. The molecule has 1 amide bonds. The molecule has 112 valence electrons. The first kappa shape index (κ1) is 13.8. The minimum Gasteiger partial charge on any atom is -0.352 e. The van der Waals surface area contributed by atoms with Gasteiger partial charge in [0.25, 0.3) is 5.56 Å². The van der Waals surface area contributed by atoms with Crippen molar-refractivity contribution in [2.24, 2.45) is 5.92 Å². The minimum absolute atomic E-state index is 0.0490. The van der Waals surface area contributed by atoms with Gasteiger partial charge in [0.05, 0.1) is 6.20 Å². The molecule has 2 aromatic rings. The summed E-state index contributed by atoms with van der Waals surface area (Å²) >= 11 is 0. The van der Waals surface area contributed by atoms with Crippen LogP contribution in [0.15, 0.2) is 23.4 Å².